The highest BCUT2D eigenvalue weighted by molar-refractivity contribution is 9.09. The van der Waals surface area contributed by atoms with Crippen LogP contribution >= 0.6 is 15.9 Å². The van der Waals surface area contributed by atoms with E-state index in [-0.39, 0.29) is 51.8 Å². The van der Waals surface area contributed by atoms with Crippen molar-refractivity contribution < 1.29 is 23.1 Å². The SMILES string of the molecule is CO[C@H]1C(O[Si](C)(C)C(C)(C)C)C(NC(=O)CBr)[C@H](C)O[C@@H]1CO[Si](C)(C)C(C)(C)C. The molecule has 9 heteroatoms. The summed E-state index contributed by atoms with van der Waals surface area (Å²) in [6.45, 7) is 24.7. The number of ether oxygens (including phenoxy) is 2. The number of alkyl halides is 1. The van der Waals surface area contributed by atoms with E-state index >= 15 is 0 Å². The Kier molecular flexibility index (Phi) is 10.1. The maximum absolute atomic E-state index is 12.3. The third kappa shape index (κ3) is 7.35. The van der Waals surface area contributed by atoms with Gasteiger partial charge in [0.15, 0.2) is 16.6 Å². The van der Waals surface area contributed by atoms with Crippen LogP contribution in [0.2, 0.25) is 36.3 Å². The van der Waals surface area contributed by atoms with Gasteiger partial charge in [0.2, 0.25) is 5.91 Å². The average molecular weight is 541 g/mol. The molecule has 5 atom stereocenters. The Morgan fingerprint density at radius 2 is 1.52 bits per heavy atom. The lowest BCUT2D eigenvalue weighted by molar-refractivity contribution is -0.194. The molecular formula is C22H46BrNO5Si2. The second-order valence-corrected chi connectivity index (χ2v) is 21.8. The van der Waals surface area contributed by atoms with Gasteiger partial charge in [-0.3, -0.25) is 4.79 Å². The van der Waals surface area contributed by atoms with Crippen LogP contribution in [0.5, 0.6) is 0 Å². The minimum absolute atomic E-state index is 0.0317. The van der Waals surface area contributed by atoms with Crippen LogP contribution < -0.4 is 5.32 Å². The van der Waals surface area contributed by atoms with Crippen LogP contribution in [0, 0.1) is 0 Å². The molecule has 1 rings (SSSR count). The molecule has 0 aromatic carbocycles. The van der Waals surface area contributed by atoms with Crippen molar-refractivity contribution in [2.24, 2.45) is 0 Å². The van der Waals surface area contributed by atoms with Crippen LogP contribution in [0.3, 0.4) is 0 Å². The Balaban J connectivity index is 3.23. The number of amides is 1. The summed E-state index contributed by atoms with van der Waals surface area (Å²) in [7, 11) is -2.39. The van der Waals surface area contributed by atoms with Gasteiger partial charge in [-0.25, -0.2) is 0 Å². The minimum atomic E-state index is -2.13. The zero-order valence-electron chi connectivity index (χ0n) is 21.7. The Labute approximate surface area is 200 Å². The van der Waals surface area contributed by atoms with E-state index in [1.807, 2.05) is 6.92 Å². The van der Waals surface area contributed by atoms with Crippen molar-refractivity contribution in [3.8, 4) is 0 Å². The second-order valence-electron chi connectivity index (χ2n) is 11.7. The molecule has 0 radical (unpaired) electrons. The smallest absolute Gasteiger partial charge is 0.231 e. The summed E-state index contributed by atoms with van der Waals surface area (Å²) in [6.07, 6.45) is -1.14. The zero-order chi connectivity index (χ0) is 24.4. The van der Waals surface area contributed by atoms with Crippen LogP contribution in [0.25, 0.3) is 0 Å². The average Bonchev–Trinajstić information content (AvgIpc) is 2.60. The molecule has 2 unspecified atom stereocenters. The number of carbonyl (C=O) groups excluding carboxylic acids is 1. The molecular weight excluding hydrogens is 494 g/mol. The summed E-state index contributed by atoms with van der Waals surface area (Å²) in [5, 5.41) is 3.47. The van der Waals surface area contributed by atoms with E-state index < -0.39 is 16.6 Å². The van der Waals surface area contributed by atoms with Crippen molar-refractivity contribution in [1.82, 2.24) is 5.32 Å². The molecule has 0 saturated carbocycles. The van der Waals surface area contributed by atoms with Crippen LogP contribution in [-0.2, 0) is 23.1 Å². The van der Waals surface area contributed by atoms with Crippen LogP contribution in [-0.4, -0.2) is 72.0 Å². The first-order valence-corrected chi connectivity index (χ1v) is 18.2. The van der Waals surface area contributed by atoms with Gasteiger partial charge in [-0.1, -0.05) is 57.5 Å². The quantitative estimate of drug-likeness (QED) is 0.344. The third-order valence-corrected chi connectivity index (χ3v) is 16.8. The summed E-state index contributed by atoms with van der Waals surface area (Å²) >= 11 is 3.25. The summed E-state index contributed by atoms with van der Waals surface area (Å²) in [5.41, 5.74) is 0. The lowest BCUT2D eigenvalue weighted by Gasteiger charge is -2.50. The van der Waals surface area contributed by atoms with Crippen molar-refractivity contribution in [2.75, 3.05) is 19.0 Å². The highest BCUT2D eigenvalue weighted by atomic mass is 79.9. The molecule has 6 nitrogen and oxygen atoms in total. The molecule has 1 aliphatic heterocycles. The van der Waals surface area contributed by atoms with E-state index in [0.717, 1.165) is 0 Å². The number of methoxy groups -OCH3 is 1. The Bertz CT molecular complexity index is 604. The highest BCUT2D eigenvalue weighted by Crippen LogP contribution is 2.41. The van der Waals surface area contributed by atoms with Gasteiger partial charge in [-0.05, 0) is 43.2 Å². The molecule has 0 aromatic rings. The number of carbonyl (C=O) groups is 1. The summed E-state index contributed by atoms with van der Waals surface area (Å²) in [5.74, 6) is -0.0879. The fraction of sp³-hybridized carbons (Fsp3) is 0.955. The van der Waals surface area contributed by atoms with Gasteiger partial charge in [0.05, 0.1) is 30.2 Å². The first-order chi connectivity index (χ1) is 13.9. The zero-order valence-corrected chi connectivity index (χ0v) is 25.3. The topological polar surface area (TPSA) is 66.0 Å². The van der Waals surface area contributed by atoms with E-state index in [0.29, 0.717) is 6.61 Å². The molecule has 1 fully saturated rings. The molecule has 184 valence electrons. The van der Waals surface area contributed by atoms with Gasteiger partial charge in [-0.15, -0.1) is 0 Å². The Morgan fingerprint density at radius 1 is 1.00 bits per heavy atom. The van der Waals surface area contributed by atoms with E-state index in [4.69, 9.17) is 18.3 Å². The number of hydrogen-bond acceptors (Lipinski definition) is 5. The second kappa shape index (κ2) is 10.7. The summed E-state index contributed by atoms with van der Waals surface area (Å²) < 4.78 is 25.7. The molecule has 0 aliphatic carbocycles. The molecule has 1 N–H and O–H groups in total. The van der Waals surface area contributed by atoms with E-state index in [9.17, 15) is 4.79 Å². The summed E-state index contributed by atoms with van der Waals surface area (Å²) in [4.78, 5) is 12.3. The lowest BCUT2D eigenvalue weighted by atomic mass is 9.93. The monoisotopic (exact) mass is 539 g/mol. The fourth-order valence-electron chi connectivity index (χ4n) is 3.13. The normalized spacial score (nSPS) is 28.5. The van der Waals surface area contributed by atoms with Gasteiger partial charge in [-0.2, -0.15) is 0 Å². The van der Waals surface area contributed by atoms with Gasteiger partial charge in [0.25, 0.3) is 0 Å². The maximum Gasteiger partial charge on any atom is 0.231 e. The first-order valence-electron chi connectivity index (χ1n) is 11.2. The van der Waals surface area contributed by atoms with Gasteiger partial charge in [0.1, 0.15) is 12.2 Å². The molecule has 0 bridgehead atoms. The van der Waals surface area contributed by atoms with E-state index in [1.54, 1.807) is 7.11 Å². The number of hydrogen-bond donors (Lipinski definition) is 1. The largest absolute Gasteiger partial charge is 0.414 e. The van der Waals surface area contributed by atoms with Crippen LogP contribution in [0.1, 0.15) is 48.5 Å². The first kappa shape index (κ1) is 29.3. The molecule has 1 heterocycles. The predicted molar refractivity (Wildman–Crippen MR) is 136 cm³/mol. The van der Waals surface area contributed by atoms with Crippen molar-refractivity contribution >= 4 is 38.5 Å². The number of halogens is 1. The molecule has 0 spiro atoms. The molecule has 1 aliphatic rings. The molecule has 1 saturated heterocycles. The van der Waals surface area contributed by atoms with Gasteiger partial charge in [0, 0.05) is 7.11 Å². The van der Waals surface area contributed by atoms with Crippen LogP contribution in [0.15, 0.2) is 0 Å². The number of nitrogens with one attached hydrogen (secondary N) is 1. The van der Waals surface area contributed by atoms with Crippen molar-refractivity contribution in [3.63, 3.8) is 0 Å². The Hall–Kier alpha value is 0.224. The molecule has 0 aromatic heterocycles. The predicted octanol–water partition coefficient (Wildman–Crippen LogP) is 5.08. The highest BCUT2D eigenvalue weighted by Gasteiger charge is 2.51. The Morgan fingerprint density at radius 3 is 1.94 bits per heavy atom. The van der Waals surface area contributed by atoms with Gasteiger partial charge < -0.3 is 23.6 Å². The van der Waals surface area contributed by atoms with Crippen LogP contribution in [0.4, 0.5) is 0 Å². The van der Waals surface area contributed by atoms with E-state index in [1.165, 1.54) is 0 Å². The van der Waals surface area contributed by atoms with Gasteiger partial charge >= 0.3 is 0 Å². The summed E-state index contributed by atoms with van der Waals surface area (Å²) in [6, 6.07) is -0.298. The molecule has 31 heavy (non-hydrogen) atoms. The standard InChI is InChI=1S/C22H46BrNO5Si2/c1-15-18(24-17(25)13-23)20(29-31(11,12)22(5,6)7)19(26-8)16(28-15)14-27-30(9,10)21(2,3)4/h15-16,18-20H,13-14H2,1-12H3,(H,24,25)/t15-,16+,18?,19+,20?/m0/s1. The van der Waals surface area contributed by atoms with Crippen molar-refractivity contribution in [3.05, 3.63) is 0 Å². The maximum atomic E-state index is 12.3. The third-order valence-electron chi connectivity index (χ3n) is 7.31. The minimum Gasteiger partial charge on any atom is -0.414 e. The number of rotatable bonds is 8. The lowest BCUT2D eigenvalue weighted by Crippen LogP contribution is -2.67. The van der Waals surface area contributed by atoms with Crippen molar-refractivity contribution in [1.29, 1.82) is 0 Å². The van der Waals surface area contributed by atoms with Crippen molar-refractivity contribution in [2.45, 2.75) is 115 Å². The van der Waals surface area contributed by atoms with E-state index in [2.05, 4.69) is 89.0 Å². The fourth-order valence-corrected chi connectivity index (χ4v) is 5.62. The molecule has 1 amide bonds.